The maximum Gasteiger partial charge on any atom is 0.142 e. The Hall–Kier alpha value is -0.410. The lowest BCUT2D eigenvalue weighted by Crippen LogP contribution is -2.37. The minimum absolute atomic E-state index is 0.000231. The second kappa shape index (κ2) is 4.84. The van der Waals surface area contributed by atoms with Gasteiger partial charge in [-0.3, -0.25) is 4.79 Å². The Labute approximate surface area is 96.9 Å². The fraction of sp³-hybridized carbons (Fsp3) is 0.923. The van der Waals surface area contributed by atoms with Crippen molar-refractivity contribution in [2.24, 2.45) is 17.3 Å². The molecule has 2 atom stereocenters. The van der Waals surface area contributed by atoms with Crippen LogP contribution in [0.2, 0.25) is 0 Å². The Bertz CT molecular complexity index is 256. The molecule has 3 heteroatoms. The van der Waals surface area contributed by atoms with Gasteiger partial charge < -0.3 is 10.2 Å². The average Bonchev–Trinajstić information content (AvgIpc) is 2.56. The SMILES string of the molecule is O=C1C(CCO)C[C@H](CO)C12CCCCC2. The highest BCUT2D eigenvalue weighted by atomic mass is 16.3. The zero-order chi connectivity index (χ0) is 11.6. The summed E-state index contributed by atoms with van der Waals surface area (Å²) in [7, 11) is 0. The van der Waals surface area contributed by atoms with Gasteiger partial charge in [-0.1, -0.05) is 19.3 Å². The molecule has 16 heavy (non-hydrogen) atoms. The quantitative estimate of drug-likeness (QED) is 0.767. The van der Waals surface area contributed by atoms with E-state index in [0.717, 1.165) is 32.1 Å². The largest absolute Gasteiger partial charge is 0.396 e. The molecule has 0 aliphatic heterocycles. The van der Waals surface area contributed by atoms with Crippen LogP contribution in [0.4, 0.5) is 0 Å². The fourth-order valence-electron chi connectivity index (χ4n) is 3.78. The number of carbonyl (C=O) groups excluding carboxylic acids is 1. The zero-order valence-electron chi connectivity index (χ0n) is 9.82. The zero-order valence-corrected chi connectivity index (χ0v) is 9.82. The van der Waals surface area contributed by atoms with Gasteiger partial charge in [0.05, 0.1) is 0 Å². The maximum atomic E-state index is 12.4. The van der Waals surface area contributed by atoms with E-state index in [0.29, 0.717) is 12.2 Å². The Morgan fingerprint density at radius 3 is 2.44 bits per heavy atom. The number of hydrogen-bond acceptors (Lipinski definition) is 3. The highest BCUT2D eigenvalue weighted by Crippen LogP contribution is 2.52. The van der Waals surface area contributed by atoms with Crippen LogP contribution in [0, 0.1) is 17.3 Å². The van der Waals surface area contributed by atoms with Crippen LogP contribution in [0.5, 0.6) is 0 Å². The third-order valence-corrected chi connectivity index (χ3v) is 4.66. The molecule has 0 bridgehead atoms. The fourth-order valence-corrected chi connectivity index (χ4v) is 3.78. The summed E-state index contributed by atoms with van der Waals surface area (Å²) in [5.74, 6) is 0.484. The van der Waals surface area contributed by atoms with Gasteiger partial charge in [-0.05, 0) is 31.6 Å². The van der Waals surface area contributed by atoms with Crippen molar-refractivity contribution in [3.8, 4) is 0 Å². The van der Waals surface area contributed by atoms with Gasteiger partial charge in [0.2, 0.25) is 0 Å². The molecule has 0 aromatic carbocycles. The third kappa shape index (κ3) is 1.80. The van der Waals surface area contributed by atoms with E-state index in [1.807, 2.05) is 0 Å². The Kier molecular flexibility index (Phi) is 3.65. The molecule has 92 valence electrons. The van der Waals surface area contributed by atoms with E-state index < -0.39 is 0 Å². The van der Waals surface area contributed by atoms with Gasteiger partial charge in [0.25, 0.3) is 0 Å². The predicted molar refractivity (Wildman–Crippen MR) is 60.9 cm³/mol. The van der Waals surface area contributed by atoms with E-state index in [1.165, 1.54) is 6.42 Å². The lowest BCUT2D eigenvalue weighted by molar-refractivity contribution is -0.133. The third-order valence-electron chi connectivity index (χ3n) is 4.66. The van der Waals surface area contributed by atoms with E-state index in [1.54, 1.807) is 0 Å². The number of Topliss-reactive ketones (excluding diaryl/α,β-unsaturated/α-hetero) is 1. The predicted octanol–water partition coefficient (Wildman–Crippen LogP) is 1.52. The second-order valence-corrected chi connectivity index (χ2v) is 5.41. The summed E-state index contributed by atoms with van der Waals surface area (Å²) in [6.07, 6.45) is 6.74. The summed E-state index contributed by atoms with van der Waals surface area (Å²) in [5.41, 5.74) is -0.229. The van der Waals surface area contributed by atoms with Gasteiger partial charge in [0.15, 0.2) is 0 Å². The molecule has 2 saturated carbocycles. The molecule has 2 fully saturated rings. The molecule has 0 amide bonds. The number of aliphatic hydroxyl groups excluding tert-OH is 2. The number of aliphatic hydroxyl groups is 2. The minimum atomic E-state index is -0.229. The van der Waals surface area contributed by atoms with Crippen molar-refractivity contribution >= 4 is 5.78 Å². The highest BCUT2D eigenvalue weighted by molar-refractivity contribution is 5.89. The Morgan fingerprint density at radius 1 is 1.19 bits per heavy atom. The normalized spacial score (nSPS) is 33.5. The van der Waals surface area contributed by atoms with Gasteiger partial charge in [-0.2, -0.15) is 0 Å². The first-order chi connectivity index (χ1) is 7.74. The molecule has 0 saturated heterocycles. The van der Waals surface area contributed by atoms with Crippen LogP contribution in [0.1, 0.15) is 44.9 Å². The smallest absolute Gasteiger partial charge is 0.142 e. The summed E-state index contributed by atoms with van der Waals surface area (Å²) in [5, 5.41) is 18.4. The first-order valence-electron chi connectivity index (χ1n) is 6.50. The summed E-state index contributed by atoms with van der Waals surface area (Å²) < 4.78 is 0. The number of ketones is 1. The molecule has 0 heterocycles. The van der Waals surface area contributed by atoms with Gasteiger partial charge in [-0.15, -0.1) is 0 Å². The molecule has 0 aromatic rings. The van der Waals surface area contributed by atoms with E-state index in [4.69, 9.17) is 5.11 Å². The highest BCUT2D eigenvalue weighted by Gasteiger charge is 2.53. The minimum Gasteiger partial charge on any atom is -0.396 e. The van der Waals surface area contributed by atoms with Crippen molar-refractivity contribution in [2.75, 3.05) is 13.2 Å². The van der Waals surface area contributed by atoms with Gasteiger partial charge in [-0.25, -0.2) is 0 Å². The van der Waals surface area contributed by atoms with E-state index >= 15 is 0 Å². The van der Waals surface area contributed by atoms with Crippen molar-refractivity contribution < 1.29 is 15.0 Å². The Balaban J connectivity index is 2.17. The first kappa shape index (κ1) is 12.1. The van der Waals surface area contributed by atoms with E-state index in [2.05, 4.69) is 0 Å². The molecule has 2 aliphatic rings. The van der Waals surface area contributed by atoms with Gasteiger partial charge in [0, 0.05) is 24.5 Å². The second-order valence-electron chi connectivity index (χ2n) is 5.41. The van der Waals surface area contributed by atoms with E-state index in [-0.39, 0.29) is 30.5 Å². The number of carbonyl (C=O) groups is 1. The molecular weight excluding hydrogens is 204 g/mol. The summed E-state index contributed by atoms with van der Waals surface area (Å²) >= 11 is 0. The standard InChI is InChI=1S/C13H22O3/c14-7-4-10-8-11(9-15)13(12(10)16)5-2-1-3-6-13/h10-11,14-15H,1-9H2/t10?,11-/m1/s1. The van der Waals surface area contributed by atoms with Crippen LogP contribution in [-0.4, -0.2) is 29.2 Å². The monoisotopic (exact) mass is 226 g/mol. The molecule has 2 rings (SSSR count). The summed E-state index contributed by atoms with van der Waals surface area (Å²) in [4.78, 5) is 12.4. The van der Waals surface area contributed by atoms with Crippen molar-refractivity contribution in [1.29, 1.82) is 0 Å². The van der Waals surface area contributed by atoms with Crippen molar-refractivity contribution in [3.05, 3.63) is 0 Å². The van der Waals surface area contributed by atoms with Crippen LogP contribution in [0.25, 0.3) is 0 Å². The lowest BCUT2D eigenvalue weighted by atomic mass is 9.67. The van der Waals surface area contributed by atoms with Crippen molar-refractivity contribution in [3.63, 3.8) is 0 Å². The van der Waals surface area contributed by atoms with E-state index in [9.17, 15) is 9.90 Å². The molecule has 0 aromatic heterocycles. The number of rotatable bonds is 3. The van der Waals surface area contributed by atoms with Gasteiger partial charge >= 0.3 is 0 Å². The summed E-state index contributed by atoms with van der Waals surface area (Å²) in [6.45, 7) is 0.221. The molecular formula is C13H22O3. The van der Waals surface area contributed by atoms with Crippen LogP contribution < -0.4 is 0 Å². The Morgan fingerprint density at radius 2 is 1.88 bits per heavy atom. The molecule has 0 radical (unpaired) electrons. The van der Waals surface area contributed by atoms with Crippen LogP contribution in [0.15, 0.2) is 0 Å². The molecule has 2 aliphatic carbocycles. The van der Waals surface area contributed by atoms with Crippen molar-refractivity contribution in [2.45, 2.75) is 44.9 Å². The first-order valence-corrected chi connectivity index (χ1v) is 6.50. The summed E-state index contributed by atoms with van der Waals surface area (Å²) in [6, 6.07) is 0. The topological polar surface area (TPSA) is 57.5 Å². The van der Waals surface area contributed by atoms with Crippen LogP contribution >= 0.6 is 0 Å². The molecule has 1 spiro atoms. The average molecular weight is 226 g/mol. The van der Waals surface area contributed by atoms with Crippen LogP contribution in [0.3, 0.4) is 0 Å². The molecule has 3 nitrogen and oxygen atoms in total. The molecule has 2 N–H and O–H groups in total. The molecule has 1 unspecified atom stereocenters. The number of hydrogen-bond donors (Lipinski definition) is 2. The van der Waals surface area contributed by atoms with Crippen molar-refractivity contribution in [1.82, 2.24) is 0 Å². The van der Waals surface area contributed by atoms with Gasteiger partial charge in [0.1, 0.15) is 5.78 Å². The maximum absolute atomic E-state index is 12.4. The lowest BCUT2D eigenvalue weighted by Gasteiger charge is -2.36. The van der Waals surface area contributed by atoms with Crippen LogP contribution in [-0.2, 0) is 4.79 Å².